The van der Waals surface area contributed by atoms with Crippen LogP contribution in [-0.4, -0.2) is 59.7 Å². The summed E-state index contributed by atoms with van der Waals surface area (Å²) in [5.74, 6) is 0.549. The normalized spacial score (nSPS) is 10.7. The molecule has 0 aliphatic heterocycles. The summed E-state index contributed by atoms with van der Waals surface area (Å²) >= 11 is 0. The Morgan fingerprint density at radius 3 is 2.66 bits per heavy atom. The molecule has 2 aromatic heterocycles. The minimum Gasteiger partial charge on any atom is -0.467 e. The van der Waals surface area contributed by atoms with Crippen molar-refractivity contribution in [3.63, 3.8) is 0 Å². The van der Waals surface area contributed by atoms with Crippen LogP contribution in [-0.2, 0) is 29.7 Å². The second kappa shape index (κ2) is 12.0. The quantitative estimate of drug-likeness (QED) is 0.552. The summed E-state index contributed by atoms with van der Waals surface area (Å²) in [6, 6.07) is 7.30. The van der Waals surface area contributed by atoms with Crippen molar-refractivity contribution in [3.8, 4) is 0 Å². The van der Waals surface area contributed by atoms with Gasteiger partial charge in [-0.15, -0.1) is 0 Å². The van der Waals surface area contributed by atoms with Crippen LogP contribution < -0.4 is 5.32 Å². The highest BCUT2D eigenvalue weighted by molar-refractivity contribution is 5.84. The Balaban J connectivity index is 2.08. The second-order valence-corrected chi connectivity index (χ2v) is 6.94. The smallest absolute Gasteiger partial charge is 0.317 e. The Kier molecular flexibility index (Phi) is 9.30. The molecule has 0 bridgehead atoms. The molecule has 0 saturated carbocycles. The van der Waals surface area contributed by atoms with E-state index in [0.29, 0.717) is 38.5 Å². The number of amides is 3. The maximum Gasteiger partial charge on any atom is 0.317 e. The fourth-order valence-corrected chi connectivity index (χ4v) is 2.88. The highest BCUT2D eigenvalue weighted by Crippen LogP contribution is 2.12. The van der Waals surface area contributed by atoms with E-state index in [1.165, 1.54) is 4.90 Å². The number of carbonyl (C=O) groups excluding carboxylic acids is 2. The summed E-state index contributed by atoms with van der Waals surface area (Å²) in [4.78, 5) is 28.9. The van der Waals surface area contributed by atoms with Crippen LogP contribution in [0.4, 0.5) is 4.79 Å². The second-order valence-electron chi connectivity index (χ2n) is 6.94. The van der Waals surface area contributed by atoms with E-state index in [0.717, 1.165) is 18.5 Å². The average molecular weight is 405 g/mol. The molecule has 0 atom stereocenters. The number of nitrogens with zero attached hydrogens (tertiary/aromatic N) is 3. The van der Waals surface area contributed by atoms with Crippen LogP contribution in [0.3, 0.4) is 0 Å². The zero-order valence-corrected chi connectivity index (χ0v) is 17.6. The van der Waals surface area contributed by atoms with Gasteiger partial charge >= 0.3 is 6.03 Å². The Bertz CT molecular complexity index is 742. The number of rotatable bonds is 12. The van der Waals surface area contributed by atoms with E-state index in [1.54, 1.807) is 24.3 Å². The molecule has 0 radical (unpaired) electrons. The average Bonchev–Trinajstić information content (AvgIpc) is 3.36. The van der Waals surface area contributed by atoms with Gasteiger partial charge in [-0.3, -0.25) is 4.79 Å². The van der Waals surface area contributed by atoms with Gasteiger partial charge in [-0.2, -0.15) is 0 Å². The third kappa shape index (κ3) is 7.30. The van der Waals surface area contributed by atoms with Crippen LogP contribution in [0.1, 0.15) is 31.2 Å². The maximum absolute atomic E-state index is 13.1. The van der Waals surface area contributed by atoms with Gasteiger partial charge in [0.25, 0.3) is 0 Å². The number of ether oxygens (including phenoxy) is 1. The molecular formula is C21H32N4O4. The zero-order valence-electron chi connectivity index (χ0n) is 17.6. The topological polar surface area (TPSA) is 80.0 Å². The van der Waals surface area contributed by atoms with Gasteiger partial charge in [0.1, 0.15) is 12.3 Å². The number of unbranched alkanes of at least 4 members (excludes halogenated alkanes) is 1. The van der Waals surface area contributed by atoms with Gasteiger partial charge < -0.3 is 28.8 Å². The van der Waals surface area contributed by atoms with E-state index >= 15 is 0 Å². The first-order chi connectivity index (χ1) is 14.0. The molecule has 0 aliphatic rings. The number of methoxy groups -OCH3 is 1. The van der Waals surface area contributed by atoms with E-state index in [-0.39, 0.29) is 18.5 Å². The Hall–Kier alpha value is -2.74. The predicted octanol–water partition coefficient (Wildman–Crippen LogP) is 2.61. The van der Waals surface area contributed by atoms with E-state index in [9.17, 15) is 9.59 Å². The van der Waals surface area contributed by atoms with Crippen molar-refractivity contribution in [2.45, 2.75) is 32.9 Å². The molecule has 29 heavy (non-hydrogen) atoms. The molecule has 160 valence electrons. The lowest BCUT2D eigenvalue weighted by Crippen LogP contribution is -2.47. The highest BCUT2D eigenvalue weighted by atomic mass is 16.5. The molecular weight excluding hydrogens is 372 g/mol. The number of furan rings is 1. The van der Waals surface area contributed by atoms with E-state index in [2.05, 4.69) is 12.2 Å². The van der Waals surface area contributed by atoms with Gasteiger partial charge in [-0.1, -0.05) is 13.3 Å². The number of carbonyl (C=O) groups is 2. The molecule has 0 aliphatic carbocycles. The SMILES string of the molecule is CCCCNC(=O)N(CCOC)CC(=O)N(Cc1ccco1)Cc1cccn1C. The summed E-state index contributed by atoms with van der Waals surface area (Å²) in [5.41, 5.74) is 1.00. The molecule has 2 rings (SSSR count). The number of aryl methyl sites for hydroxylation is 1. The molecule has 8 nitrogen and oxygen atoms in total. The van der Waals surface area contributed by atoms with Crippen molar-refractivity contribution in [2.75, 3.05) is 33.4 Å². The Labute approximate surface area is 172 Å². The van der Waals surface area contributed by atoms with Crippen LogP contribution in [0, 0.1) is 0 Å². The summed E-state index contributed by atoms with van der Waals surface area (Å²) < 4.78 is 12.5. The van der Waals surface area contributed by atoms with Crippen LogP contribution >= 0.6 is 0 Å². The van der Waals surface area contributed by atoms with Gasteiger partial charge in [0.15, 0.2) is 0 Å². The number of hydrogen-bond donors (Lipinski definition) is 1. The molecule has 8 heteroatoms. The largest absolute Gasteiger partial charge is 0.467 e. The van der Waals surface area contributed by atoms with Gasteiger partial charge in [-0.05, 0) is 30.7 Å². The van der Waals surface area contributed by atoms with Crippen molar-refractivity contribution < 1.29 is 18.7 Å². The first-order valence-electron chi connectivity index (χ1n) is 9.97. The van der Waals surface area contributed by atoms with Crippen LogP contribution in [0.2, 0.25) is 0 Å². The maximum atomic E-state index is 13.1. The summed E-state index contributed by atoms with van der Waals surface area (Å²) in [5, 5.41) is 2.88. The first-order valence-corrected chi connectivity index (χ1v) is 9.97. The van der Waals surface area contributed by atoms with Crippen LogP contribution in [0.5, 0.6) is 0 Å². The predicted molar refractivity (Wildman–Crippen MR) is 110 cm³/mol. The Morgan fingerprint density at radius 1 is 1.21 bits per heavy atom. The van der Waals surface area contributed by atoms with Crippen molar-refractivity contribution in [1.29, 1.82) is 0 Å². The summed E-state index contributed by atoms with van der Waals surface area (Å²) in [7, 11) is 3.52. The molecule has 0 aromatic carbocycles. The molecule has 0 spiro atoms. The van der Waals surface area contributed by atoms with Crippen molar-refractivity contribution >= 4 is 11.9 Å². The van der Waals surface area contributed by atoms with Gasteiger partial charge in [0.05, 0.1) is 26.0 Å². The number of aromatic nitrogens is 1. The van der Waals surface area contributed by atoms with Crippen LogP contribution in [0.15, 0.2) is 41.1 Å². The van der Waals surface area contributed by atoms with Crippen molar-refractivity contribution in [2.24, 2.45) is 7.05 Å². The zero-order chi connectivity index (χ0) is 21.1. The minimum absolute atomic E-state index is 0.0214. The molecule has 2 heterocycles. The highest BCUT2D eigenvalue weighted by Gasteiger charge is 2.22. The lowest BCUT2D eigenvalue weighted by atomic mass is 10.3. The lowest BCUT2D eigenvalue weighted by molar-refractivity contribution is -0.133. The number of hydrogen-bond acceptors (Lipinski definition) is 4. The number of urea groups is 1. The van der Waals surface area contributed by atoms with Crippen LogP contribution in [0.25, 0.3) is 0 Å². The standard InChI is InChI=1S/C21H32N4O4/c1-4-5-10-22-21(27)24(12-14-28-3)17-20(26)25(16-19-9-7-13-29-19)15-18-8-6-11-23(18)2/h6-9,11,13H,4-5,10,12,14-17H2,1-3H3,(H,22,27). The Morgan fingerprint density at radius 2 is 2.03 bits per heavy atom. The molecule has 0 fully saturated rings. The van der Waals surface area contributed by atoms with E-state index in [4.69, 9.17) is 9.15 Å². The fourth-order valence-electron chi connectivity index (χ4n) is 2.88. The third-order valence-corrected chi connectivity index (χ3v) is 4.67. The molecule has 3 amide bonds. The molecule has 2 aromatic rings. The summed E-state index contributed by atoms with van der Waals surface area (Å²) in [6.45, 7) is 4.11. The van der Waals surface area contributed by atoms with Gasteiger partial charge in [-0.25, -0.2) is 4.79 Å². The number of nitrogens with one attached hydrogen (secondary N) is 1. The minimum atomic E-state index is -0.249. The van der Waals surface area contributed by atoms with Crippen molar-refractivity contribution in [1.82, 2.24) is 19.7 Å². The third-order valence-electron chi connectivity index (χ3n) is 4.67. The monoisotopic (exact) mass is 404 g/mol. The van der Waals surface area contributed by atoms with E-state index in [1.807, 2.05) is 36.0 Å². The summed E-state index contributed by atoms with van der Waals surface area (Å²) in [6.07, 6.45) is 5.42. The molecule has 1 N–H and O–H groups in total. The molecule has 0 saturated heterocycles. The lowest BCUT2D eigenvalue weighted by Gasteiger charge is -2.27. The van der Waals surface area contributed by atoms with Gasteiger partial charge in [0, 0.05) is 39.1 Å². The first kappa shape index (κ1) is 22.5. The fraction of sp³-hybridized carbons (Fsp3) is 0.524. The van der Waals surface area contributed by atoms with E-state index < -0.39 is 0 Å². The molecule has 0 unspecified atom stereocenters. The van der Waals surface area contributed by atoms with Gasteiger partial charge in [0.2, 0.25) is 5.91 Å². The van der Waals surface area contributed by atoms with Crippen molar-refractivity contribution in [3.05, 3.63) is 48.2 Å².